The number of carbonyl (C=O) groups is 1. The summed E-state index contributed by atoms with van der Waals surface area (Å²) in [6.45, 7) is 6.98. The first-order valence-electron chi connectivity index (χ1n) is 7.79. The van der Waals surface area contributed by atoms with Gasteiger partial charge in [0.25, 0.3) is 0 Å². The third-order valence-corrected chi connectivity index (χ3v) is 4.25. The second kappa shape index (κ2) is 7.41. The van der Waals surface area contributed by atoms with Crippen LogP contribution in [0.25, 0.3) is 6.08 Å². The van der Waals surface area contributed by atoms with E-state index in [4.69, 9.17) is 0 Å². The average Bonchev–Trinajstić information content (AvgIpc) is 2.47. The zero-order valence-electron chi connectivity index (χ0n) is 13.4. The second-order valence-corrected chi connectivity index (χ2v) is 6.02. The van der Waals surface area contributed by atoms with E-state index in [1.54, 1.807) is 6.08 Å². The minimum Gasteiger partial charge on any atom is -0.339 e. The lowest BCUT2D eigenvalue weighted by molar-refractivity contribution is -0.127. The molecule has 3 heteroatoms. The van der Waals surface area contributed by atoms with Crippen molar-refractivity contribution < 1.29 is 4.79 Å². The van der Waals surface area contributed by atoms with Crippen molar-refractivity contribution in [2.75, 3.05) is 26.7 Å². The van der Waals surface area contributed by atoms with Crippen molar-refractivity contribution in [1.82, 2.24) is 10.2 Å². The van der Waals surface area contributed by atoms with Gasteiger partial charge in [-0.3, -0.25) is 4.79 Å². The summed E-state index contributed by atoms with van der Waals surface area (Å²) in [6.07, 6.45) is 5.86. The van der Waals surface area contributed by atoms with E-state index in [9.17, 15) is 4.79 Å². The molecule has 0 aromatic heterocycles. The van der Waals surface area contributed by atoms with Crippen LogP contribution in [0.4, 0.5) is 0 Å². The van der Waals surface area contributed by atoms with Crippen molar-refractivity contribution in [2.24, 2.45) is 5.92 Å². The Bertz CT molecular complexity index is 514. The monoisotopic (exact) mass is 286 g/mol. The molecule has 0 bridgehead atoms. The lowest BCUT2D eigenvalue weighted by Gasteiger charge is -2.31. The van der Waals surface area contributed by atoms with Crippen molar-refractivity contribution in [1.29, 1.82) is 0 Å². The van der Waals surface area contributed by atoms with Crippen molar-refractivity contribution in [3.05, 3.63) is 41.0 Å². The van der Waals surface area contributed by atoms with Gasteiger partial charge in [-0.25, -0.2) is 0 Å². The summed E-state index contributed by atoms with van der Waals surface area (Å²) < 4.78 is 0. The van der Waals surface area contributed by atoms with Crippen LogP contribution in [0.2, 0.25) is 0 Å². The molecule has 1 amide bonds. The Hall–Kier alpha value is -1.61. The summed E-state index contributed by atoms with van der Waals surface area (Å²) in [7, 11) is 1.99. The molecule has 0 unspecified atom stereocenters. The molecule has 2 rings (SSSR count). The van der Waals surface area contributed by atoms with Crippen LogP contribution in [-0.2, 0) is 4.79 Å². The summed E-state index contributed by atoms with van der Waals surface area (Å²) >= 11 is 0. The Morgan fingerprint density at radius 3 is 2.67 bits per heavy atom. The maximum Gasteiger partial charge on any atom is 0.246 e. The molecule has 1 aromatic rings. The van der Waals surface area contributed by atoms with Gasteiger partial charge >= 0.3 is 0 Å². The van der Waals surface area contributed by atoms with E-state index in [0.29, 0.717) is 5.92 Å². The van der Waals surface area contributed by atoms with Crippen LogP contribution in [0.1, 0.15) is 29.5 Å². The van der Waals surface area contributed by atoms with E-state index in [2.05, 4.69) is 37.4 Å². The molecule has 0 aliphatic carbocycles. The fraction of sp³-hybridized carbons (Fsp3) is 0.500. The van der Waals surface area contributed by atoms with Gasteiger partial charge in [-0.1, -0.05) is 23.8 Å². The number of hydrogen-bond donors (Lipinski definition) is 1. The molecule has 1 aliphatic rings. The van der Waals surface area contributed by atoms with Crippen molar-refractivity contribution in [2.45, 2.75) is 26.7 Å². The van der Waals surface area contributed by atoms with Gasteiger partial charge in [-0.15, -0.1) is 0 Å². The highest BCUT2D eigenvalue weighted by molar-refractivity contribution is 5.92. The predicted molar refractivity (Wildman–Crippen MR) is 88.2 cm³/mol. The third-order valence-electron chi connectivity index (χ3n) is 4.25. The topological polar surface area (TPSA) is 32.3 Å². The molecule has 1 saturated heterocycles. The highest BCUT2D eigenvalue weighted by Crippen LogP contribution is 2.17. The summed E-state index contributed by atoms with van der Waals surface area (Å²) in [5.74, 6) is 0.847. The van der Waals surface area contributed by atoms with Crippen LogP contribution in [0.3, 0.4) is 0 Å². The van der Waals surface area contributed by atoms with Gasteiger partial charge in [-0.2, -0.15) is 0 Å². The molecule has 1 aliphatic heterocycles. The Morgan fingerprint density at radius 2 is 2.05 bits per heavy atom. The zero-order valence-corrected chi connectivity index (χ0v) is 13.4. The number of hydrogen-bond acceptors (Lipinski definition) is 2. The Labute approximate surface area is 128 Å². The van der Waals surface area contributed by atoms with E-state index < -0.39 is 0 Å². The van der Waals surface area contributed by atoms with Crippen LogP contribution in [-0.4, -0.2) is 37.5 Å². The maximum atomic E-state index is 12.2. The number of aryl methyl sites for hydroxylation is 2. The van der Waals surface area contributed by atoms with E-state index in [1.807, 2.05) is 18.0 Å². The van der Waals surface area contributed by atoms with Crippen LogP contribution >= 0.6 is 0 Å². The molecule has 0 saturated carbocycles. The normalized spacial score (nSPS) is 16.6. The third kappa shape index (κ3) is 4.43. The number of nitrogens with zero attached hydrogens (tertiary/aromatic N) is 1. The molecule has 114 valence electrons. The molecule has 0 radical (unpaired) electrons. The smallest absolute Gasteiger partial charge is 0.246 e. The SMILES string of the molecule is CNCC1CCN(C(=O)C=Cc2ccc(C)cc2C)CC1. The summed E-state index contributed by atoms with van der Waals surface area (Å²) in [6, 6.07) is 6.31. The first-order chi connectivity index (χ1) is 10.1. The number of carbonyl (C=O) groups excluding carboxylic acids is 1. The van der Waals surface area contributed by atoms with E-state index >= 15 is 0 Å². The molecule has 3 nitrogen and oxygen atoms in total. The van der Waals surface area contributed by atoms with Gasteiger partial charge in [0.1, 0.15) is 0 Å². The highest BCUT2D eigenvalue weighted by Gasteiger charge is 2.20. The van der Waals surface area contributed by atoms with Gasteiger partial charge in [-0.05, 0) is 63.4 Å². The molecule has 1 N–H and O–H groups in total. The highest BCUT2D eigenvalue weighted by atomic mass is 16.2. The molecule has 1 fully saturated rings. The number of rotatable bonds is 4. The zero-order chi connectivity index (χ0) is 15.2. The predicted octanol–water partition coefficient (Wildman–Crippen LogP) is 2.77. The Kier molecular flexibility index (Phi) is 5.57. The largest absolute Gasteiger partial charge is 0.339 e. The average molecular weight is 286 g/mol. The molecule has 1 heterocycles. The number of amides is 1. The van der Waals surface area contributed by atoms with Gasteiger partial charge < -0.3 is 10.2 Å². The Balaban J connectivity index is 1.91. The first-order valence-corrected chi connectivity index (χ1v) is 7.79. The van der Waals surface area contributed by atoms with Crippen molar-refractivity contribution in [3.8, 4) is 0 Å². The number of benzene rings is 1. The van der Waals surface area contributed by atoms with Gasteiger partial charge in [0.15, 0.2) is 0 Å². The summed E-state index contributed by atoms with van der Waals surface area (Å²) in [5.41, 5.74) is 3.59. The van der Waals surface area contributed by atoms with Gasteiger partial charge in [0, 0.05) is 19.2 Å². The molecule has 1 aromatic carbocycles. The minimum absolute atomic E-state index is 0.137. The maximum absolute atomic E-state index is 12.2. The number of piperidine rings is 1. The van der Waals surface area contributed by atoms with E-state index in [0.717, 1.165) is 38.0 Å². The van der Waals surface area contributed by atoms with Crippen LogP contribution < -0.4 is 5.32 Å². The fourth-order valence-corrected chi connectivity index (χ4v) is 2.93. The quantitative estimate of drug-likeness (QED) is 0.863. The van der Waals surface area contributed by atoms with Gasteiger partial charge in [0.2, 0.25) is 5.91 Å². The van der Waals surface area contributed by atoms with E-state index in [-0.39, 0.29) is 5.91 Å². The van der Waals surface area contributed by atoms with Crippen LogP contribution in [0, 0.1) is 19.8 Å². The molecular formula is C18H26N2O. The summed E-state index contributed by atoms with van der Waals surface area (Å²) in [4.78, 5) is 14.2. The summed E-state index contributed by atoms with van der Waals surface area (Å²) in [5, 5.41) is 3.22. The number of likely N-dealkylation sites (tertiary alicyclic amines) is 1. The molecular weight excluding hydrogens is 260 g/mol. The van der Waals surface area contributed by atoms with Crippen molar-refractivity contribution >= 4 is 12.0 Å². The van der Waals surface area contributed by atoms with Crippen LogP contribution in [0.15, 0.2) is 24.3 Å². The number of nitrogens with one attached hydrogen (secondary N) is 1. The fourth-order valence-electron chi connectivity index (χ4n) is 2.93. The van der Waals surface area contributed by atoms with Crippen LogP contribution in [0.5, 0.6) is 0 Å². The molecule has 0 atom stereocenters. The standard InChI is InChI=1S/C18H26N2O/c1-14-4-5-17(15(2)12-14)6-7-18(21)20-10-8-16(9-11-20)13-19-3/h4-7,12,16,19H,8-11,13H2,1-3H3. The van der Waals surface area contributed by atoms with Crippen molar-refractivity contribution in [3.63, 3.8) is 0 Å². The first kappa shape index (κ1) is 15.8. The second-order valence-electron chi connectivity index (χ2n) is 6.02. The van der Waals surface area contributed by atoms with E-state index in [1.165, 1.54) is 11.1 Å². The lowest BCUT2D eigenvalue weighted by Crippen LogP contribution is -2.39. The van der Waals surface area contributed by atoms with Gasteiger partial charge in [0.05, 0.1) is 0 Å². The minimum atomic E-state index is 0.137. The Morgan fingerprint density at radius 1 is 1.33 bits per heavy atom. The molecule has 21 heavy (non-hydrogen) atoms. The lowest BCUT2D eigenvalue weighted by atomic mass is 9.97. The molecule has 0 spiro atoms.